The van der Waals surface area contributed by atoms with E-state index >= 15 is 0 Å². The van der Waals surface area contributed by atoms with Gasteiger partial charge in [0.05, 0.1) is 24.8 Å². The maximum Gasteiger partial charge on any atom is 0.220 e. The van der Waals surface area contributed by atoms with Gasteiger partial charge in [0.1, 0.15) is 18.3 Å². The van der Waals surface area contributed by atoms with Gasteiger partial charge in [0.25, 0.3) is 0 Å². The average molecular weight is 695 g/mol. The SMILES string of the molecule is CCCCCCCCCCCCC/C=C/[C@@H](O)[C@H](CN[C@@H]1C=C(CO)[C@H](O)[C@H](O)[C@H]1O)NC(=O)CCCCCCCCCCCCCCC. The molecule has 288 valence electrons. The third-order valence-corrected chi connectivity index (χ3v) is 10.1. The van der Waals surface area contributed by atoms with Gasteiger partial charge in [-0.3, -0.25) is 4.79 Å². The lowest BCUT2D eigenvalue weighted by molar-refractivity contribution is -0.122. The summed E-state index contributed by atoms with van der Waals surface area (Å²) in [4.78, 5) is 12.9. The fraction of sp³-hybridized carbons (Fsp3) is 0.878. The Morgan fingerprint density at radius 1 is 0.694 bits per heavy atom. The topological polar surface area (TPSA) is 142 Å². The van der Waals surface area contributed by atoms with Gasteiger partial charge >= 0.3 is 0 Å². The summed E-state index contributed by atoms with van der Waals surface area (Å²) in [5, 5.41) is 57.6. The van der Waals surface area contributed by atoms with E-state index in [2.05, 4.69) is 24.5 Å². The van der Waals surface area contributed by atoms with E-state index in [1.807, 2.05) is 6.08 Å². The molecule has 0 fully saturated rings. The molecule has 8 heteroatoms. The van der Waals surface area contributed by atoms with E-state index < -0.39 is 43.1 Å². The second-order valence-corrected chi connectivity index (χ2v) is 14.7. The number of unbranched alkanes of at least 4 members (excludes halogenated alkanes) is 23. The molecule has 0 heterocycles. The van der Waals surface area contributed by atoms with Crippen LogP contribution in [-0.4, -0.2) is 81.1 Å². The van der Waals surface area contributed by atoms with Crippen LogP contribution in [0.15, 0.2) is 23.8 Å². The van der Waals surface area contributed by atoms with E-state index in [1.165, 1.54) is 134 Å². The van der Waals surface area contributed by atoms with Gasteiger partial charge in [-0.2, -0.15) is 0 Å². The molecular weight excluding hydrogens is 616 g/mol. The van der Waals surface area contributed by atoms with Gasteiger partial charge < -0.3 is 36.2 Å². The van der Waals surface area contributed by atoms with Gasteiger partial charge in [0, 0.05) is 13.0 Å². The Morgan fingerprint density at radius 3 is 1.61 bits per heavy atom. The Kier molecular flexibility index (Phi) is 29.3. The van der Waals surface area contributed by atoms with Gasteiger partial charge in [0.2, 0.25) is 5.91 Å². The zero-order valence-corrected chi connectivity index (χ0v) is 31.6. The molecule has 0 aliphatic heterocycles. The summed E-state index contributed by atoms with van der Waals surface area (Å²) in [5.74, 6) is -0.112. The largest absolute Gasteiger partial charge is 0.392 e. The van der Waals surface area contributed by atoms with Crippen molar-refractivity contribution in [3.05, 3.63) is 23.8 Å². The second kappa shape index (κ2) is 31.4. The number of aliphatic hydroxyl groups is 5. The number of allylic oxidation sites excluding steroid dienone is 1. The molecule has 1 amide bonds. The first-order chi connectivity index (χ1) is 23.8. The van der Waals surface area contributed by atoms with Crippen LogP contribution in [0.5, 0.6) is 0 Å². The fourth-order valence-corrected chi connectivity index (χ4v) is 6.77. The molecule has 1 aliphatic rings. The normalized spacial score (nSPS) is 20.8. The Balaban J connectivity index is 2.45. The van der Waals surface area contributed by atoms with Gasteiger partial charge in [-0.25, -0.2) is 0 Å². The van der Waals surface area contributed by atoms with Gasteiger partial charge in [-0.05, 0) is 24.8 Å². The van der Waals surface area contributed by atoms with Crippen LogP contribution >= 0.6 is 0 Å². The smallest absolute Gasteiger partial charge is 0.220 e. The number of aliphatic hydroxyl groups excluding tert-OH is 5. The Morgan fingerprint density at radius 2 is 1.14 bits per heavy atom. The molecule has 0 aromatic rings. The molecule has 1 rings (SSSR count). The maximum absolute atomic E-state index is 12.9. The number of carbonyl (C=O) groups excluding carboxylic acids is 1. The zero-order chi connectivity index (χ0) is 36.0. The van der Waals surface area contributed by atoms with Crippen LogP contribution in [0.2, 0.25) is 0 Å². The molecular formula is C41H78N2O6. The minimum absolute atomic E-state index is 0.112. The average Bonchev–Trinajstić information content (AvgIpc) is 3.10. The van der Waals surface area contributed by atoms with Crippen LogP contribution < -0.4 is 10.6 Å². The lowest BCUT2D eigenvalue weighted by atomic mass is 9.88. The quantitative estimate of drug-likeness (QED) is 0.0278. The van der Waals surface area contributed by atoms with Gasteiger partial charge in [0.15, 0.2) is 0 Å². The Labute approximate surface area is 300 Å². The second-order valence-electron chi connectivity index (χ2n) is 14.7. The number of carbonyl (C=O) groups is 1. The number of amides is 1. The molecule has 7 N–H and O–H groups in total. The molecule has 0 saturated carbocycles. The predicted octanol–water partition coefficient (Wildman–Crippen LogP) is 7.54. The first-order valence-corrected chi connectivity index (χ1v) is 20.6. The van der Waals surface area contributed by atoms with Crippen molar-refractivity contribution >= 4 is 5.91 Å². The van der Waals surface area contributed by atoms with Gasteiger partial charge in [-0.1, -0.05) is 173 Å². The van der Waals surface area contributed by atoms with E-state index in [0.29, 0.717) is 6.42 Å². The lowest BCUT2D eigenvalue weighted by Gasteiger charge is -2.35. The van der Waals surface area contributed by atoms with Crippen LogP contribution in [0.1, 0.15) is 181 Å². The first-order valence-electron chi connectivity index (χ1n) is 20.6. The molecule has 0 aromatic carbocycles. The van der Waals surface area contributed by atoms with Crippen molar-refractivity contribution < 1.29 is 30.3 Å². The summed E-state index contributed by atoms with van der Waals surface area (Å²) in [5.41, 5.74) is 0.228. The summed E-state index contributed by atoms with van der Waals surface area (Å²) in [7, 11) is 0. The van der Waals surface area contributed by atoms with E-state index in [-0.39, 0.29) is 18.0 Å². The maximum atomic E-state index is 12.9. The monoisotopic (exact) mass is 695 g/mol. The first kappa shape index (κ1) is 45.7. The van der Waals surface area contributed by atoms with E-state index in [4.69, 9.17) is 0 Å². The van der Waals surface area contributed by atoms with Crippen LogP contribution in [0.4, 0.5) is 0 Å². The number of hydrogen-bond donors (Lipinski definition) is 7. The van der Waals surface area contributed by atoms with Crippen molar-refractivity contribution in [2.24, 2.45) is 0 Å². The van der Waals surface area contributed by atoms with Crippen molar-refractivity contribution in [3.63, 3.8) is 0 Å². The minimum atomic E-state index is -1.44. The van der Waals surface area contributed by atoms with Crippen LogP contribution in [-0.2, 0) is 4.79 Å². The molecule has 0 spiro atoms. The highest BCUT2D eigenvalue weighted by Gasteiger charge is 2.37. The predicted molar refractivity (Wildman–Crippen MR) is 203 cm³/mol. The molecule has 6 atom stereocenters. The van der Waals surface area contributed by atoms with Crippen molar-refractivity contribution in [1.82, 2.24) is 10.6 Å². The molecule has 0 unspecified atom stereocenters. The minimum Gasteiger partial charge on any atom is -0.392 e. The number of nitrogens with one attached hydrogen (secondary N) is 2. The summed E-state index contributed by atoms with van der Waals surface area (Å²) < 4.78 is 0. The van der Waals surface area contributed by atoms with Crippen molar-refractivity contribution in [3.8, 4) is 0 Å². The van der Waals surface area contributed by atoms with Crippen LogP contribution in [0.3, 0.4) is 0 Å². The zero-order valence-electron chi connectivity index (χ0n) is 31.6. The summed E-state index contributed by atoms with van der Waals surface area (Å²) in [6.07, 6.45) is 31.8. The summed E-state index contributed by atoms with van der Waals surface area (Å²) in [6, 6.07) is -1.38. The number of hydrogen-bond acceptors (Lipinski definition) is 7. The third kappa shape index (κ3) is 23.0. The summed E-state index contributed by atoms with van der Waals surface area (Å²) in [6.45, 7) is 4.22. The standard InChI is InChI=1S/C41H78N2O6/c1-3-5-7-9-11-13-15-17-19-21-23-25-27-29-37(45)36(32-42-35-31-34(33-44)39(47)41(49)40(35)48)43-38(46)30-28-26-24-22-20-18-16-14-12-10-8-6-4-2/h27,29,31,35-37,39-42,44-45,47-49H,3-26,28,30,32-33H2,1-2H3,(H,43,46)/b29-27+/t35-,36+,37-,39+,40+,41+/m1/s1. The molecule has 8 nitrogen and oxygen atoms in total. The lowest BCUT2D eigenvalue weighted by Crippen LogP contribution is -2.57. The summed E-state index contributed by atoms with van der Waals surface area (Å²) >= 11 is 0. The molecule has 49 heavy (non-hydrogen) atoms. The van der Waals surface area contributed by atoms with Crippen LogP contribution in [0, 0.1) is 0 Å². The molecule has 0 aromatic heterocycles. The third-order valence-electron chi connectivity index (χ3n) is 10.1. The van der Waals surface area contributed by atoms with Crippen molar-refractivity contribution in [1.29, 1.82) is 0 Å². The van der Waals surface area contributed by atoms with E-state index in [9.17, 15) is 30.3 Å². The van der Waals surface area contributed by atoms with Crippen molar-refractivity contribution in [2.45, 2.75) is 217 Å². The van der Waals surface area contributed by atoms with Crippen molar-refractivity contribution in [2.75, 3.05) is 13.2 Å². The highest BCUT2D eigenvalue weighted by Crippen LogP contribution is 2.20. The van der Waals surface area contributed by atoms with E-state index in [0.717, 1.165) is 32.1 Å². The Bertz CT molecular complexity index is 837. The van der Waals surface area contributed by atoms with Gasteiger partial charge in [-0.15, -0.1) is 0 Å². The highest BCUT2D eigenvalue weighted by molar-refractivity contribution is 5.76. The molecule has 0 radical (unpaired) electrons. The Hall–Kier alpha value is -1.29. The molecule has 0 bridgehead atoms. The molecule has 1 aliphatic carbocycles. The highest BCUT2D eigenvalue weighted by atomic mass is 16.4. The fourth-order valence-electron chi connectivity index (χ4n) is 6.77. The van der Waals surface area contributed by atoms with Crippen LogP contribution in [0.25, 0.3) is 0 Å². The number of rotatable bonds is 33. The molecule has 0 saturated heterocycles. The van der Waals surface area contributed by atoms with E-state index in [1.54, 1.807) is 6.08 Å².